The first-order valence-corrected chi connectivity index (χ1v) is 11.5. The molecule has 0 radical (unpaired) electrons. The lowest BCUT2D eigenvalue weighted by Gasteiger charge is -2.16. The highest BCUT2D eigenvalue weighted by molar-refractivity contribution is 9.10. The van der Waals surface area contributed by atoms with Crippen LogP contribution in [0.3, 0.4) is 0 Å². The van der Waals surface area contributed by atoms with Gasteiger partial charge in [0, 0.05) is 22.2 Å². The summed E-state index contributed by atoms with van der Waals surface area (Å²) in [6, 6.07) is 16.1. The maximum atomic E-state index is 13.7. The van der Waals surface area contributed by atoms with E-state index in [-0.39, 0.29) is 24.8 Å². The third-order valence-corrected chi connectivity index (χ3v) is 5.79. The maximum Gasteiger partial charge on any atom is 0.175 e. The van der Waals surface area contributed by atoms with Crippen molar-refractivity contribution in [3.05, 3.63) is 91.6 Å². The van der Waals surface area contributed by atoms with E-state index in [1.807, 2.05) is 31.2 Å². The number of halogens is 5. The Morgan fingerprint density at radius 2 is 1.78 bits per heavy atom. The van der Waals surface area contributed by atoms with Crippen LogP contribution in [0, 0.1) is 5.82 Å². The molecule has 3 rings (SSSR count). The molecule has 3 aromatic rings. The zero-order chi connectivity index (χ0) is 22.2. The molecular weight excluding hydrogens is 540 g/mol. The number of nitrogens with one attached hydrogen (secondary N) is 1. The number of hydrogen-bond donors (Lipinski definition) is 1. The summed E-state index contributed by atoms with van der Waals surface area (Å²) in [7, 11) is 0. The summed E-state index contributed by atoms with van der Waals surface area (Å²) in [5.41, 5.74) is 2.57. The van der Waals surface area contributed by atoms with Crippen molar-refractivity contribution in [2.75, 3.05) is 13.2 Å². The Hall–Kier alpha value is -1.50. The van der Waals surface area contributed by atoms with E-state index >= 15 is 0 Å². The third kappa shape index (κ3) is 7.53. The quantitative estimate of drug-likeness (QED) is 0.257. The van der Waals surface area contributed by atoms with E-state index < -0.39 is 0 Å². The van der Waals surface area contributed by atoms with Crippen LogP contribution in [-0.2, 0) is 19.6 Å². The molecule has 8 heteroatoms. The van der Waals surface area contributed by atoms with Gasteiger partial charge in [0.05, 0.1) is 11.1 Å². The fourth-order valence-electron chi connectivity index (χ4n) is 3.07. The average molecular weight is 564 g/mol. The van der Waals surface area contributed by atoms with Crippen molar-refractivity contribution in [2.24, 2.45) is 0 Å². The van der Waals surface area contributed by atoms with Gasteiger partial charge < -0.3 is 14.8 Å². The van der Waals surface area contributed by atoms with Crippen molar-refractivity contribution in [3.8, 4) is 11.5 Å². The van der Waals surface area contributed by atoms with Crippen molar-refractivity contribution in [2.45, 2.75) is 26.5 Å². The molecule has 0 aliphatic heterocycles. The Kier molecular flexibility index (Phi) is 11.1. The van der Waals surface area contributed by atoms with Gasteiger partial charge in [-0.1, -0.05) is 47.5 Å². The Morgan fingerprint density at radius 1 is 1.00 bits per heavy atom. The van der Waals surface area contributed by atoms with Gasteiger partial charge in [-0.05, 0) is 77.3 Å². The predicted octanol–water partition coefficient (Wildman–Crippen LogP) is 7.63. The van der Waals surface area contributed by atoms with E-state index in [0.717, 1.165) is 15.6 Å². The summed E-state index contributed by atoms with van der Waals surface area (Å²) in [5.74, 6) is 1.09. The lowest BCUT2D eigenvalue weighted by atomic mass is 10.1. The molecule has 3 aromatic carbocycles. The van der Waals surface area contributed by atoms with Crippen LogP contribution in [0.5, 0.6) is 11.5 Å². The molecule has 0 heterocycles. The number of ether oxygens (including phenoxy) is 2. The Morgan fingerprint density at radius 3 is 2.50 bits per heavy atom. The highest BCUT2D eigenvalue weighted by Crippen LogP contribution is 2.38. The third-order valence-electron chi connectivity index (χ3n) is 4.61. The highest BCUT2D eigenvalue weighted by Gasteiger charge is 2.14. The molecule has 0 fully saturated rings. The number of rotatable bonds is 10. The minimum Gasteiger partial charge on any atom is -0.490 e. The SMILES string of the molecule is CCOc1cc(CNCCc2ccccc2F)cc(Br)c1OCc1ccc(Cl)cc1Cl.Cl. The molecule has 0 spiro atoms. The van der Waals surface area contributed by atoms with Gasteiger partial charge in [0.25, 0.3) is 0 Å². The van der Waals surface area contributed by atoms with Crippen LogP contribution in [-0.4, -0.2) is 13.2 Å². The van der Waals surface area contributed by atoms with Gasteiger partial charge in [-0.25, -0.2) is 4.39 Å². The van der Waals surface area contributed by atoms with Crippen molar-refractivity contribution < 1.29 is 13.9 Å². The highest BCUT2D eigenvalue weighted by atomic mass is 79.9. The first kappa shape index (κ1) is 26.7. The minimum absolute atomic E-state index is 0. The van der Waals surface area contributed by atoms with E-state index in [2.05, 4.69) is 21.2 Å². The van der Waals surface area contributed by atoms with Crippen LogP contribution in [0.1, 0.15) is 23.6 Å². The summed E-state index contributed by atoms with van der Waals surface area (Å²) in [6.45, 7) is 4.00. The van der Waals surface area contributed by atoms with Gasteiger partial charge in [0.2, 0.25) is 0 Å². The van der Waals surface area contributed by atoms with Gasteiger partial charge >= 0.3 is 0 Å². The second-order valence-corrected chi connectivity index (χ2v) is 8.58. The molecular formula is C24H24BrCl3FNO2. The first-order chi connectivity index (χ1) is 15.0. The molecule has 0 atom stereocenters. The summed E-state index contributed by atoms with van der Waals surface area (Å²) in [5, 5.41) is 4.48. The number of benzene rings is 3. The van der Waals surface area contributed by atoms with Gasteiger partial charge in [0.1, 0.15) is 12.4 Å². The summed E-state index contributed by atoms with van der Waals surface area (Å²) >= 11 is 15.8. The predicted molar refractivity (Wildman–Crippen MR) is 135 cm³/mol. The fraction of sp³-hybridized carbons (Fsp3) is 0.250. The van der Waals surface area contributed by atoms with E-state index in [0.29, 0.717) is 53.2 Å². The van der Waals surface area contributed by atoms with Crippen LogP contribution < -0.4 is 14.8 Å². The molecule has 0 aliphatic carbocycles. The zero-order valence-corrected chi connectivity index (χ0v) is 21.4. The van der Waals surface area contributed by atoms with Crippen LogP contribution in [0.4, 0.5) is 4.39 Å². The maximum absolute atomic E-state index is 13.7. The van der Waals surface area contributed by atoms with Crippen LogP contribution >= 0.6 is 51.5 Å². The Bertz CT molecular complexity index is 1040. The van der Waals surface area contributed by atoms with Crippen molar-refractivity contribution in [1.29, 1.82) is 0 Å². The van der Waals surface area contributed by atoms with Gasteiger partial charge in [-0.15, -0.1) is 12.4 Å². The normalized spacial score (nSPS) is 10.5. The summed E-state index contributed by atoms with van der Waals surface area (Å²) in [4.78, 5) is 0. The van der Waals surface area contributed by atoms with Crippen molar-refractivity contribution >= 4 is 51.5 Å². The zero-order valence-electron chi connectivity index (χ0n) is 17.5. The van der Waals surface area contributed by atoms with Crippen LogP contribution in [0.2, 0.25) is 10.0 Å². The van der Waals surface area contributed by atoms with Gasteiger partial charge in [0.15, 0.2) is 11.5 Å². The molecule has 0 aliphatic rings. The van der Waals surface area contributed by atoms with E-state index in [1.165, 1.54) is 6.07 Å². The monoisotopic (exact) mass is 561 g/mol. The van der Waals surface area contributed by atoms with Crippen molar-refractivity contribution in [3.63, 3.8) is 0 Å². The molecule has 3 nitrogen and oxygen atoms in total. The Balaban J connectivity index is 0.00000363. The standard InChI is InChI=1S/C24H23BrCl2FNO2.ClH/c1-2-30-23-12-16(14-29-10-9-17-5-3-4-6-22(17)28)11-20(25)24(23)31-15-18-7-8-19(26)13-21(18)27;/h3-8,11-13,29H,2,9-10,14-15H2,1H3;1H. The topological polar surface area (TPSA) is 30.5 Å². The summed E-state index contributed by atoms with van der Waals surface area (Å²) < 4.78 is 26.3. The molecule has 1 N–H and O–H groups in total. The Labute approximate surface area is 212 Å². The van der Waals surface area contributed by atoms with Crippen LogP contribution in [0.25, 0.3) is 0 Å². The molecule has 0 unspecified atom stereocenters. The van der Waals surface area contributed by atoms with E-state index in [9.17, 15) is 4.39 Å². The summed E-state index contributed by atoms with van der Waals surface area (Å²) in [6.07, 6.45) is 0.620. The molecule has 0 saturated heterocycles. The lowest BCUT2D eigenvalue weighted by molar-refractivity contribution is 0.267. The lowest BCUT2D eigenvalue weighted by Crippen LogP contribution is -2.17. The van der Waals surface area contributed by atoms with Gasteiger partial charge in [-0.3, -0.25) is 0 Å². The first-order valence-electron chi connectivity index (χ1n) is 9.94. The largest absolute Gasteiger partial charge is 0.490 e. The van der Waals surface area contributed by atoms with Gasteiger partial charge in [-0.2, -0.15) is 0 Å². The fourth-order valence-corrected chi connectivity index (χ4v) is 4.14. The minimum atomic E-state index is -0.173. The van der Waals surface area contributed by atoms with Crippen molar-refractivity contribution in [1.82, 2.24) is 5.32 Å². The van der Waals surface area contributed by atoms with Crippen LogP contribution in [0.15, 0.2) is 59.1 Å². The molecule has 0 bridgehead atoms. The van der Waals surface area contributed by atoms with E-state index in [4.69, 9.17) is 32.7 Å². The second kappa shape index (κ2) is 13.3. The second-order valence-electron chi connectivity index (χ2n) is 6.88. The molecule has 172 valence electrons. The van der Waals surface area contributed by atoms with E-state index in [1.54, 1.807) is 24.3 Å². The smallest absolute Gasteiger partial charge is 0.175 e. The number of hydrogen-bond acceptors (Lipinski definition) is 3. The average Bonchev–Trinajstić information content (AvgIpc) is 2.73. The molecule has 0 aromatic heterocycles. The molecule has 0 saturated carbocycles. The molecule has 32 heavy (non-hydrogen) atoms. The molecule has 0 amide bonds.